The molecule has 3 aliphatic rings. The molecule has 0 radical (unpaired) electrons. The number of benzene rings is 1. The maximum atomic E-state index is 13.2. The summed E-state index contributed by atoms with van der Waals surface area (Å²) >= 11 is 1.43. The Morgan fingerprint density at radius 2 is 2.18 bits per heavy atom. The average Bonchev–Trinajstić information content (AvgIpc) is 3.31. The highest BCUT2D eigenvalue weighted by Crippen LogP contribution is 2.63. The van der Waals surface area contributed by atoms with Crippen LogP contribution < -0.4 is 5.32 Å². The van der Waals surface area contributed by atoms with Gasteiger partial charge in [-0.3, -0.25) is 19.7 Å². The number of aryl methyl sites for hydroxylation is 1. The molecule has 5 unspecified atom stereocenters. The zero-order valence-corrected chi connectivity index (χ0v) is 20.2. The summed E-state index contributed by atoms with van der Waals surface area (Å²) in [5.74, 6) is 0.532. The second-order valence-corrected chi connectivity index (χ2v) is 11.5. The van der Waals surface area contributed by atoms with Crippen molar-refractivity contribution in [2.45, 2.75) is 64.7 Å². The summed E-state index contributed by atoms with van der Waals surface area (Å²) in [6, 6.07) is 2.83. The van der Waals surface area contributed by atoms with Crippen molar-refractivity contribution in [1.29, 1.82) is 0 Å². The first-order chi connectivity index (χ1) is 16.2. The van der Waals surface area contributed by atoms with Crippen LogP contribution in [0.2, 0.25) is 0 Å². The summed E-state index contributed by atoms with van der Waals surface area (Å²) in [5, 5.41) is 25.7. The van der Waals surface area contributed by atoms with Crippen LogP contribution in [0.3, 0.4) is 0 Å². The Bertz CT molecular complexity index is 1180. The number of nitro benzene ring substituents is 1. The second-order valence-electron chi connectivity index (χ2n) is 10.3. The minimum atomic E-state index is -0.447. The molecule has 3 aliphatic carbocycles. The van der Waals surface area contributed by atoms with Crippen LogP contribution in [0.15, 0.2) is 18.3 Å². The zero-order chi connectivity index (χ0) is 24.2. The molecule has 34 heavy (non-hydrogen) atoms. The smallest absolute Gasteiger partial charge is 0.273 e. The number of nitro groups is 1. The van der Waals surface area contributed by atoms with Crippen LogP contribution in [0.1, 0.15) is 67.4 Å². The summed E-state index contributed by atoms with van der Waals surface area (Å²) in [6.07, 6.45) is 5.87. The topological polar surface area (TPSA) is 122 Å². The quantitative estimate of drug-likeness (QED) is 0.449. The fraction of sp³-hybridized carbons (Fsp3) is 0.560. The minimum Gasteiger partial charge on any atom is -0.508 e. The maximum Gasteiger partial charge on any atom is 0.273 e. The molecule has 2 aromatic rings. The number of phenols is 1. The average molecular weight is 484 g/mol. The molecule has 1 aromatic heterocycles. The number of aromatic hydroxyl groups is 1. The first-order valence-electron chi connectivity index (χ1n) is 11.9. The maximum absolute atomic E-state index is 13.2. The molecule has 2 saturated carbocycles. The van der Waals surface area contributed by atoms with E-state index in [0.717, 1.165) is 11.3 Å². The Kier molecular flexibility index (Phi) is 5.70. The fourth-order valence-electron chi connectivity index (χ4n) is 7.07. The van der Waals surface area contributed by atoms with Crippen LogP contribution in [-0.4, -0.2) is 26.7 Å². The lowest BCUT2D eigenvalue weighted by molar-refractivity contribution is -0.386. The number of hydrogen-bond donors (Lipinski definition) is 2. The van der Waals surface area contributed by atoms with E-state index in [1.807, 2.05) is 6.92 Å². The Morgan fingerprint density at radius 3 is 2.88 bits per heavy atom. The summed E-state index contributed by atoms with van der Waals surface area (Å²) in [7, 11) is 0. The number of nitrogens with one attached hydrogen (secondary N) is 1. The number of amides is 1. The van der Waals surface area contributed by atoms with Gasteiger partial charge in [-0.15, -0.1) is 11.3 Å². The van der Waals surface area contributed by atoms with E-state index in [-0.39, 0.29) is 51.7 Å². The summed E-state index contributed by atoms with van der Waals surface area (Å²) in [5.41, 5.74) is 0.985. The summed E-state index contributed by atoms with van der Waals surface area (Å²) in [6.45, 7) is 3.99. The number of hydrogen-bond acceptors (Lipinski definition) is 7. The van der Waals surface area contributed by atoms with E-state index in [1.165, 1.54) is 23.5 Å². The first-order valence-corrected chi connectivity index (χ1v) is 12.8. The van der Waals surface area contributed by atoms with Gasteiger partial charge in [0, 0.05) is 46.5 Å². The van der Waals surface area contributed by atoms with Crippen molar-refractivity contribution in [2.75, 3.05) is 5.32 Å². The number of ketones is 1. The Hall–Kier alpha value is -2.81. The van der Waals surface area contributed by atoms with Gasteiger partial charge in [0.05, 0.1) is 4.92 Å². The SMILES string of the molecule is Cc1cnc(NC(=O)CCC2CC(=O)C3(C)CCC4c5c([N+](=O)[O-])ccc(O)c5CCC4C23)s1. The molecule has 1 aromatic carbocycles. The Balaban J connectivity index is 1.40. The molecular formula is C25H29N3O5S. The number of carbonyl (C=O) groups excluding carboxylic acids is 2. The van der Waals surface area contributed by atoms with Gasteiger partial charge in [-0.25, -0.2) is 4.98 Å². The number of nitrogens with zero attached hydrogens (tertiary/aromatic N) is 2. The van der Waals surface area contributed by atoms with E-state index < -0.39 is 5.41 Å². The normalized spacial score (nSPS) is 29.8. The van der Waals surface area contributed by atoms with Crippen LogP contribution in [0.25, 0.3) is 0 Å². The molecule has 0 saturated heterocycles. The van der Waals surface area contributed by atoms with Crippen molar-refractivity contribution in [3.8, 4) is 5.75 Å². The number of thiazole rings is 1. The molecule has 2 N–H and O–H groups in total. The van der Waals surface area contributed by atoms with Crippen LogP contribution in [0.5, 0.6) is 5.75 Å². The molecule has 1 heterocycles. The highest BCUT2D eigenvalue weighted by molar-refractivity contribution is 7.15. The lowest BCUT2D eigenvalue weighted by atomic mass is 9.53. The first kappa shape index (κ1) is 23.0. The van der Waals surface area contributed by atoms with Gasteiger partial charge >= 0.3 is 0 Å². The van der Waals surface area contributed by atoms with E-state index in [9.17, 15) is 24.8 Å². The van der Waals surface area contributed by atoms with Crippen molar-refractivity contribution in [3.63, 3.8) is 0 Å². The van der Waals surface area contributed by atoms with Gasteiger partial charge in [-0.1, -0.05) is 6.92 Å². The predicted octanol–water partition coefficient (Wildman–Crippen LogP) is 5.14. The summed E-state index contributed by atoms with van der Waals surface area (Å²) in [4.78, 5) is 42.4. The van der Waals surface area contributed by atoms with Crippen molar-refractivity contribution in [3.05, 3.63) is 44.4 Å². The lowest BCUT2D eigenvalue weighted by Crippen LogP contribution is -2.44. The fourth-order valence-corrected chi connectivity index (χ4v) is 7.75. The number of rotatable bonds is 5. The second kappa shape index (κ2) is 8.45. The molecule has 5 atom stereocenters. The largest absolute Gasteiger partial charge is 0.508 e. The van der Waals surface area contributed by atoms with Crippen molar-refractivity contribution in [1.82, 2.24) is 4.98 Å². The number of fused-ring (bicyclic) bond motifs is 5. The minimum absolute atomic E-state index is 0.0464. The third kappa shape index (κ3) is 3.70. The monoisotopic (exact) mass is 483 g/mol. The molecule has 8 nitrogen and oxygen atoms in total. The standard InChI is InChI=1S/C25H29N3O5S/c1-13-12-26-24(34-13)27-21(31)8-3-14-11-20(30)25(2)10-9-15-16(23(14)25)4-5-17-19(29)7-6-18(22(15)17)28(32)33/h6-7,12,14-16,23,29H,3-5,8-11H2,1-2H3,(H,26,27,31). The molecule has 0 bridgehead atoms. The van der Waals surface area contributed by atoms with Crippen LogP contribution >= 0.6 is 11.3 Å². The molecule has 180 valence electrons. The molecule has 2 fully saturated rings. The van der Waals surface area contributed by atoms with Crippen molar-refractivity contribution >= 4 is 33.8 Å². The molecule has 1 amide bonds. The molecule has 0 spiro atoms. The third-order valence-corrected chi connectivity index (χ3v) is 9.32. The molecule has 9 heteroatoms. The van der Waals surface area contributed by atoms with Crippen molar-refractivity contribution in [2.24, 2.45) is 23.2 Å². The number of phenolic OH excluding ortho intramolecular Hbond substituents is 1. The number of Topliss-reactive ketones (excluding diaryl/α,β-unsaturated/α-hetero) is 1. The van der Waals surface area contributed by atoms with E-state index in [1.54, 1.807) is 6.20 Å². The predicted molar refractivity (Wildman–Crippen MR) is 128 cm³/mol. The zero-order valence-electron chi connectivity index (χ0n) is 19.4. The van der Waals surface area contributed by atoms with Gasteiger partial charge in [-0.2, -0.15) is 0 Å². The van der Waals surface area contributed by atoms with Crippen LogP contribution in [-0.2, 0) is 16.0 Å². The molecule has 0 aliphatic heterocycles. The number of aromatic nitrogens is 1. The van der Waals surface area contributed by atoms with Gasteiger partial charge in [0.15, 0.2) is 5.13 Å². The van der Waals surface area contributed by atoms with Crippen LogP contribution in [0.4, 0.5) is 10.8 Å². The Morgan fingerprint density at radius 1 is 1.38 bits per heavy atom. The third-order valence-electron chi connectivity index (χ3n) is 8.50. The van der Waals surface area contributed by atoms with Crippen molar-refractivity contribution < 1.29 is 19.6 Å². The summed E-state index contributed by atoms with van der Waals surface area (Å²) < 4.78 is 0. The molecule has 5 rings (SSSR count). The van der Waals surface area contributed by atoms with Gasteiger partial charge in [0.25, 0.3) is 5.69 Å². The highest BCUT2D eigenvalue weighted by Gasteiger charge is 2.59. The van der Waals surface area contributed by atoms with E-state index in [2.05, 4.69) is 17.2 Å². The van der Waals surface area contributed by atoms with E-state index in [4.69, 9.17) is 0 Å². The van der Waals surface area contributed by atoms with E-state index >= 15 is 0 Å². The van der Waals surface area contributed by atoms with Gasteiger partial charge in [0.1, 0.15) is 11.5 Å². The number of anilines is 1. The Labute approximate surface area is 201 Å². The van der Waals surface area contributed by atoms with Crippen LogP contribution in [0, 0.1) is 40.2 Å². The highest BCUT2D eigenvalue weighted by atomic mass is 32.1. The lowest BCUT2D eigenvalue weighted by Gasteiger charge is -2.49. The van der Waals surface area contributed by atoms with Gasteiger partial charge < -0.3 is 10.4 Å². The van der Waals surface area contributed by atoms with Gasteiger partial charge in [0.2, 0.25) is 5.91 Å². The molecular weight excluding hydrogens is 454 g/mol. The van der Waals surface area contributed by atoms with Gasteiger partial charge in [-0.05, 0) is 68.8 Å². The number of carbonyl (C=O) groups is 2. The van der Waals surface area contributed by atoms with E-state index in [0.29, 0.717) is 54.8 Å².